The molecule has 2 aliphatic heterocycles. The number of ether oxygens (including phenoxy) is 3. The van der Waals surface area contributed by atoms with Crippen molar-refractivity contribution in [1.82, 2.24) is 20.7 Å². The SMILES string of the molecule is CC(C)C[C@H](NC(=O)c1ccc(C(C)(C)C)cc1)C(=O)NN(C[C@@H]1[C@H]2O[C@H]2CN1C(=O)OCc1ccccc1)C(=O)OC(C)(C)C. The van der Waals surface area contributed by atoms with Crippen molar-refractivity contribution in [3.8, 4) is 0 Å². The fourth-order valence-electron chi connectivity index (χ4n) is 5.31. The molecule has 0 spiro atoms. The Morgan fingerprint density at radius 1 is 0.978 bits per heavy atom. The number of nitrogens with one attached hydrogen (secondary N) is 2. The average molecular weight is 637 g/mol. The van der Waals surface area contributed by atoms with E-state index < -0.39 is 41.7 Å². The fourth-order valence-corrected chi connectivity index (χ4v) is 5.31. The fraction of sp³-hybridized carbons (Fsp3) is 0.543. The third-order valence-electron chi connectivity index (χ3n) is 7.79. The lowest BCUT2D eigenvalue weighted by atomic mass is 9.86. The molecule has 2 aromatic carbocycles. The first kappa shape index (κ1) is 34.7. The number of carbonyl (C=O) groups excluding carboxylic acids is 4. The van der Waals surface area contributed by atoms with Crippen LogP contribution in [0.2, 0.25) is 0 Å². The highest BCUT2D eigenvalue weighted by molar-refractivity contribution is 5.97. The summed E-state index contributed by atoms with van der Waals surface area (Å²) in [5.74, 6) is -0.925. The molecule has 0 saturated carbocycles. The highest BCUT2D eigenvalue weighted by Crippen LogP contribution is 2.37. The highest BCUT2D eigenvalue weighted by atomic mass is 16.6. The number of epoxide rings is 1. The van der Waals surface area contributed by atoms with Crippen molar-refractivity contribution in [3.05, 3.63) is 71.3 Å². The van der Waals surface area contributed by atoms with E-state index in [4.69, 9.17) is 14.2 Å². The first-order chi connectivity index (χ1) is 21.5. The van der Waals surface area contributed by atoms with Gasteiger partial charge in [0.2, 0.25) is 0 Å². The van der Waals surface area contributed by atoms with Crippen molar-refractivity contribution in [2.45, 2.75) is 104 Å². The standard InChI is InChI=1S/C35H48N4O7/c1-22(2)18-26(36-30(40)24-14-16-25(17-15-24)34(3,4)5)31(41)37-39(33(43)46-35(6,7)8)19-27-29-28(45-29)20-38(27)32(42)44-21-23-12-10-9-11-13-23/h9-17,22,26-29H,18-21H2,1-8H3,(H,36,40)(H,37,41)/t26-,27+,28-,29+/m0/s1. The zero-order valence-electron chi connectivity index (χ0n) is 28.2. The van der Waals surface area contributed by atoms with Crippen molar-refractivity contribution >= 4 is 24.0 Å². The molecule has 2 aliphatic rings. The normalized spacial score (nSPS) is 19.6. The summed E-state index contributed by atoms with van der Waals surface area (Å²) in [5.41, 5.74) is 4.11. The topological polar surface area (TPSA) is 130 Å². The number of hydrazine groups is 1. The number of nitrogens with zero attached hydrogens (tertiary/aromatic N) is 2. The first-order valence-electron chi connectivity index (χ1n) is 15.9. The Labute approximate surface area is 271 Å². The maximum atomic E-state index is 13.7. The molecule has 0 radical (unpaired) electrons. The molecule has 4 rings (SSSR count). The Bertz CT molecular complexity index is 1380. The number of likely N-dealkylation sites (tertiary alicyclic amines) is 1. The summed E-state index contributed by atoms with van der Waals surface area (Å²) < 4.78 is 16.9. The number of hydrogen-bond donors (Lipinski definition) is 2. The van der Waals surface area contributed by atoms with Crippen molar-refractivity contribution in [2.75, 3.05) is 13.1 Å². The van der Waals surface area contributed by atoms with E-state index in [2.05, 4.69) is 31.5 Å². The third-order valence-corrected chi connectivity index (χ3v) is 7.79. The van der Waals surface area contributed by atoms with E-state index in [0.29, 0.717) is 18.5 Å². The van der Waals surface area contributed by atoms with Gasteiger partial charge in [-0.2, -0.15) is 0 Å². The summed E-state index contributed by atoms with van der Waals surface area (Å²) in [7, 11) is 0. The minimum Gasteiger partial charge on any atom is -0.445 e. The average Bonchev–Trinajstić information content (AvgIpc) is 3.66. The number of amides is 4. The van der Waals surface area contributed by atoms with Crippen LogP contribution >= 0.6 is 0 Å². The lowest BCUT2D eigenvalue weighted by Crippen LogP contribution is -2.59. The molecule has 0 aromatic heterocycles. The van der Waals surface area contributed by atoms with E-state index >= 15 is 0 Å². The van der Waals surface area contributed by atoms with E-state index in [9.17, 15) is 19.2 Å². The Kier molecular flexibility index (Phi) is 10.7. The monoisotopic (exact) mass is 636 g/mol. The maximum absolute atomic E-state index is 13.7. The van der Waals surface area contributed by atoms with E-state index in [0.717, 1.165) is 16.1 Å². The summed E-state index contributed by atoms with van der Waals surface area (Å²) in [6.45, 7) is 15.6. The molecule has 4 amide bonds. The van der Waals surface area contributed by atoms with Crippen LogP contribution in [0, 0.1) is 5.92 Å². The molecule has 250 valence electrons. The summed E-state index contributed by atoms with van der Waals surface area (Å²) in [5, 5.41) is 3.91. The largest absolute Gasteiger partial charge is 0.445 e. The second-order valence-electron chi connectivity index (χ2n) is 14.4. The summed E-state index contributed by atoms with van der Waals surface area (Å²) in [4.78, 5) is 55.1. The van der Waals surface area contributed by atoms with E-state index in [1.54, 1.807) is 32.9 Å². The van der Waals surface area contributed by atoms with Crippen LogP contribution in [0.1, 0.15) is 83.3 Å². The molecule has 2 fully saturated rings. The first-order valence-corrected chi connectivity index (χ1v) is 15.9. The van der Waals surface area contributed by atoms with Gasteiger partial charge < -0.3 is 19.5 Å². The van der Waals surface area contributed by atoms with Gasteiger partial charge in [0.25, 0.3) is 11.8 Å². The van der Waals surface area contributed by atoms with Gasteiger partial charge in [-0.25, -0.2) is 14.6 Å². The smallest absolute Gasteiger partial charge is 0.429 e. The molecule has 46 heavy (non-hydrogen) atoms. The van der Waals surface area contributed by atoms with Crippen LogP contribution in [-0.2, 0) is 31.0 Å². The van der Waals surface area contributed by atoms with Gasteiger partial charge in [-0.05, 0) is 61.8 Å². The number of rotatable bonds is 9. The van der Waals surface area contributed by atoms with Crippen LogP contribution in [0.25, 0.3) is 0 Å². The molecular weight excluding hydrogens is 588 g/mol. The van der Waals surface area contributed by atoms with Crippen LogP contribution in [-0.4, -0.2) is 76.9 Å². The van der Waals surface area contributed by atoms with E-state index in [1.807, 2.05) is 56.3 Å². The zero-order valence-corrected chi connectivity index (χ0v) is 28.2. The molecule has 2 N–H and O–H groups in total. The van der Waals surface area contributed by atoms with E-state index in [-0.39, 0.29) is 36.7 Å². The summed E-state index contributed by atoms with van der Waals surface area (Å²) in [6.07, 6.45) is -1.50. The van der Waals surface area contributed by atoms with Crippen LogP contribution in [0.15, 0.2) is 54.6 Å². The van der Waals surface area contributed by atoms with Gasteiger partial charge in [0, 0.05) is 5.56 Å². The summed E-state index contributed by atoms with van der Waals surface area (Å²) >= 11 is 0. The molecule has 2 saturated heterocycles. The summed E-state index contributed by atoms with van der Waals surface area (Å²) in [6, 6.07) is 15.1. The number of fused-ring (bicyclic) bond motifs is 1. The number of carbonyl (C=O) groups is 4. The lowest BCUT2D eigenvalue weighted by Gasteiger charge is -2.33. The molecule has 0 bridgehead atoms. The van der Waals surface area contributed by atoms with Crippen molar-refractivity contribution in [2.24, 2.45) is 5.92 Å². The Morgan fingerprint density at radius 2 is 1.63 bits per heavy atom. The van der Waals surface area contributed by atoms with Crippen LogP contribution in [0.3, 0.4) is 0 Å². The molecule has 0 unspecified atom stereocenters. The van der Waals surface area contributed by atoms with E-state index in [1.165, 1.54) is 4.90 Å². The van der Waals surface area contributed by atoms with Gasteiger partial charge >= 0.3 is 12.2 Å². The Hall–Kier alpha value is -4.12. The number of benzene rings is 2. The van der Waals surface area contributed by atoms with Crippen LogP contribution < -0.4 is 10.7 Å². The van der Waals surface area contributed by atoms with Gasteiger partial charge in [-0.3, -0.25) is 19.9 Å². The number of hydrogen-bond acceptors (Lipinski definition) is 7. The minimum absolute atomic E-state index is 0.0552. The molecule has 11 nitrogen and oxygen atoms in total. The highest BCUT2D eigenvalue weighted by Gasteiger charge is 2.57. The molecule has 0 aliphatic carbocycles. The van der Waals surface area contributed by atoms with Gasteiger partial charge in [0.15, 0.2) is 0 Å². The maximum Gasteiger partial charge on any atom is 0.429 e. The van der Waals surface area contributed by atoms with Gasteiger partial charge in [0.1, 0.15) is 30.5 Å². The van der Waals surface area contributed by atoms with Gasteiger partial charge in [0.05, 0.1) is 19.1 Å². The Balaban J connectivity index is 1.49. The minimum atomic E-state index is -0.944. The molecule has 2 aromatic rings. The van der Waals surface area contributed by atoms with Crippen LogP contribution in [0.5, 0.6) is 0 Å². The lowest BCUT2D eigenvalue weighted by molar-refractivity contribution is -0.128. The third kappa shape index (κ3) is 9.45. The van der Waals surface area contributed by atoms with Gasteiger partial charge in [-0.1, -0.05) is 77.1 Å². The molecular formula is C35H48N4O7. The predicted octanol–water partition coefficient (Wildman–Crippen LogP) is 5.19. The quantitative estimate of drug-likeness (QED) is 0.286. The molecule has 2 heterocycles. The van der Waals surface area contributed by atoms with Crippen molar-refractivity contribution in [1.29, 1.82) is 0 Å². The number of morpholine rings is 1. The van der Waals surface area contributed by atoms with Crippen molar-refractivity contribution in [3.63, 3.8) is 0 Å². The van der Waals surface area contributed by atoms with Crippen molar-refractivity contribution < 1.29 is 33.4 Å². The van der Waals surface area contributed by atoms with Crippen LogP contribution in [0.4, 0.5) is 9.59 Å². The molecule has 11 heteroatoms. The van der Waals surface area contributed by atoms with Gasteiger partial charge in [-0.15, -0.1) is 0 Å². The second kappa shape index (κ2) is 14.1. The Morgan fingerprint density at radius 3 is 2.22 bits per heavy atom. The second-order valence-corrected chi connectivity index (χ2v) is 14.4. The molecule has 4 atom stereocenters. The predicted molar refractivity (Wildman–Crippen MR) is 173 cm³/mol. The zero-order chi connectivity index (χ0) is 33.8.